The maximum absolute atomic E-state index is 13.5. The molecule has 0 aliphatic carbocycles. The molecule has 0 saturated carbocycles. The van der Waals surface area contributed by atoms with E-state index in [0.717, 1.165) is 29.4 Å². The Morgan fingerprint density at radius 1 is 1.34 bits per heavy atom. The average molecular weight is 536 g/mol. The molecule has 1 unspecified atom stereocenters. The van der Waals surface area contributed by atoms with Crippen molar-refractivity contribution in [1.82, 2.24) is 15.1 Å². The van der Waals surface area contributed by atoms with Gasteiger partial charge in [-0.25, -0.2) is 9.18 Å². The van der Waals surface area contributed by atoms with Gasteiger partial charge in [-0.3, -0.25) is 4.99 Å². The van der Waals surface area contributed by atoms with Gasteiger partial charge in [-0.05, 0) is 50.3 Å². The lowest BCUT2D eigenvalue weighted by Gasteiger charge is -2.39. The van der Waals surface area contributed by atoms with Gasteiger partial charge in [0.2, 0.25) is 0 Å². The van der Waals surface area contributed by atoms with Crippen LogP contribution in [-0.2, 0) is 17.0 Å². The van der Waals surface area contributed by atoms with E-state index in [2.05, 4.69) is 15.2 Å². The highest BCUT2D eigenvalue weighted by Gasteiger charge is 2.36. The first-order valence-electron chi connectivity index (χ1n) is 9.56. The van der Waals surface area contributed by atoms with Gasteiger partial charge in [-0.2, -0.15) is 11.8 Å². The first-order chi connectivity index (χ1) is 13.3. The topological polar surface area (TPSA) is 57.2 Å². The van der Waals surface area contributed by atoms with Crippen molar-refractivity contribution in [3.63, 3.8) is 0 Å². The molecule has 6 nitrogen and oxygen atoms in total. The minimum absolute atomic E-state index is 0. The Morgan fingerprint density at radius 3 is 2.79 bits per heavy atom. The number of thioether (sulfide) groups is 1. The summed E-state index contributed by atoms with van der Waals surface area (Å²) in [6.07, 6.45) is 1.75. The minimum Gasteiger partial charge on any atom is -0.444 e. The maximum atomic E-state index is 13.5. The third-order valence-corrected chi connectivity index (χ3v) is 5.36. The van der Waals surface area contributed by atoms with Crippen molar-refractivity contribution < 1.29 is 13.9 Å². The number of ether oxygens (including phenoxy) is 1. The monoisotopic (exact) mass is 536 g/mol. The normalized spacial score (nSPS) is 18.7. The number of fused-ring (bicyclic) bond motifs is 1. The predicted octanol–water partition coefficient (Wildman–Crippen LogP) is 3.69. The molecule has 1 N–H and O–H groups in total. The molecule has 0 aromatic heterocycles. The Bertz CT molecular complexity index is 756. The molecule has 1 fully saturated rings. The number of hydrogen-bond acceptors (Lipinski definition) is 6. The lowest BCUT2D eigenvalue weighted by molar-refractivity contribution is 0.0137. The summed E-state index contributed by atoms with van der Waals surface area (Å²) >= 11 is 1.68. The van der Waals surface area contributed by atoms with E-state index in [-0.39, 0.29) is 41.9 Å². The van der Waals surface area contributed by atoms with Crippen LogP contribution in [0.15, 0.2) is 23.2 Å². The summed E-state index contributed by atoms with van der Waals surface area (Å²) in [5, 5.41) is 3.41. The van der Waals surface area contributed by atoms with E-state index in [1.807, 2.05) is 33.1 Å². The summed E-state index contributed by atoms with van der Waals surface area (Å²) in [6, 6.07) is 5.11. The number of piperazine rings is 1. The van der Waals surface area contributed by atoms with Gasteiger partial charge in [-0.1, -0.05) is 6.07 Å². The van der Waals surface area contributed by atoms with Gasteiger partial charge in [0.1, 0.15) is 11.4 Å². The van der Waals surface area contributed by atoms with Crippen LogP contribution in [0.25, 0.3) is 0 Å². The summed E-state index contributed by atoms with van der Waals surface area (Å²) in [7, 11) is 0. The fourth-order valence-electron chi connectivity index (χ4n) is 3.45. The molecule has 162 valence electrons. The summed E-state index contributed by atoms with van der Waals surface area (Å²) in [5.41, 5.74) is 1.59. The van der Waals surface area contributed by atoms with E-state index in [1.54, 1.807) is 22.7 Å². The van der Waals surface area contributed by atoms with Crippen molar-refractivity contribution in [2.75, 3.05) is 32.4 Å². The van der Waals surface area contributed by atoms with E-state index in [0.29, 0.717) is 26.2 Å². The van der Waals surface area contributed by atoms with Gasteiger partial charge in [0.25, 0.3) is 0 Å². The van der Waals surface area contributed by atoms with Crippen molar-refractivity contribution >= 4 is 47.8 Å². The van der Waals surface area contributed by atoms with Gasteiger partial charge >= 0.3 is 6.09 Å². The lowest BCUT2D eigenvalue weighted by Crippen LogP contribution is -2.57. The van der Waals surface area contributed by atoms with Crippen LogP contribution in [0.1, 0.15) is 31.9 Å². The molecule has 3 rings (SSSR count). The predicted molar refractivity (Wildman–Crippen MR) is 126 cm³/mol. The molecular formula is C20H30FIN4O2S. The van der Waals surface area contributed by atoms with Crippen LogP contribution < -0.4 is 5.32 Å². The first kappa shape index (κ1) is 24.0. The Labute approximate surface area is 193 Å². The smallest absolute Gasteiger partial charge is 0.410 e. The molecule has 9 heteroatoms. The highest BCUT2D eigenvalue weighted by atomic mass is 127. The highest BCUT2D eigenvalue weighted by molar-refractivity contribution is 14.0. The number of benzene rings is 1. The zero-order chi connectivity index (χ0) is 20.3. The lowest BCUT2D eigenvalue weighted by atomic mass is 10.1. The third kappa shape index (κ3) is 6.37. The molecule has 0 bridgehead atoms. The summed E-state index contributed by atoms with van der Waals surface area (Å²) in [6.45, 7) is 8.83. The van der Waals surface area contributed by atoms with Crippen molar-refractivity contribution in [3.05, 3.63) is 35.1 Å². The second-order valence-corrected chi connectivity index (χ2v) is 9.00. The molecule has 1 saturated heterocycles. The molecule has 1 amide bonds. The largest absolute Gasteiger partial charge is 0.444 e. The molecule has 2 aliphatic heterocycles. The number of amides is 1. The second kappa shape index (κ2) is 10.2. The Hall–Kier alpha value is -1.23. The van der Waals surface area contributed by atoms with Crippen molar-refractivity contribution in [2.45, 2.75) is 44.7 Å². The van der Waals surface area contributed by atoms with Crippen molar-refractivity contribution in [3.8, 4) is 0 Å². The maximum Gasteiger partial charge on any atom is 0.410 e. The number of rotatable bonds is 4. The Balaban J connectivity index is 0.00000300. The molecule has 1 aromatic rings. The van der Waals surface area contributed by atoms with Crippen LogP contribution in [-0.4, -0.2) is 65.9 Å². The average Bonchev–Trinajstić information content (AvgIpc) is 3.02. The van der Waals surface area contributed by atoms with E-state index >= 15 is 0 Å². The van der Waals surface area contributed by atoms with Crippen LogP contribution in [0.3, 0.4) is 0 Å². The Kier molecular flexibility index (Phi) is 8.45. The first-order valence-corrected chi connectivity index (χ1v) is 11.0. The number of hydrogen-bond donors (Lipinski definition) is 1. The van der Waals surface area contributed by atoms with Crippen LogP contribution in [0.4, 0.5) is 9.18 Å². The SMILES string of the molecule is CSCc1cc(F)ccc1CNC1=NCC2CN(C(=O)OC(C)(C)C)CCN12.I. The van der Waals surface area contributed by atoms with Gasteiger partial charge in [0.15, 0.2) is 5.96 Å². The fraction of sp³-hybridized carbons (Fsp3) is 0.600. The molecule has 1 atom stereocenters. The molecule has 0 radical (unpaired) electrons. The molecule has 2 heterocycles. The molecule has 29 heavy (non-hydrogen) atoms. The van der Waals surface area contributed by atoms with Gasteiger partial charge in [0.05, 0.1) is 12.6 Å². The van der Waals surface area contributed by atoms with Crippen LogP contribution in [0.2, 0.25) is 0 Å². The van der Waals surface area contributed by atoms with Crippen LogP contribution >= 0.6 is 35.7 Å². The van der Waals surface area contributed by atoms with Crippen molar-refractivity contribution in [2.24, 2.45) is 4.99 Å². The van der Waals surface area contributed by atoms with Gasteiger partial charge < -0.3 is 19.9 Å². The standard InChI is InChI=1S/C20H29FN4O2S.HI/c1-20(2,3)27-19(26)24-7-8-25-17(12-24)11-23-18(25)22-10-14-5-6-16(21)9-15(14)13-28-4;/h5-6,9,17H,7-8,10-13H2,1-4H3,(H,22,23);1H. The molecular weight excluding hydrogens is 506 g/mol. The van der Waals surface area contributed by atoms with E-state index < -0.39 is 5.60 Å². The zero-order valence-electron chi connectivity index (χ0n) is 17.4. The number of carbonyl (C=O) groups is 1. The summed E-state index contributed by atoms with van der Waals surface area (Å²) < 4.78 is 19.0. The zero-order valence-corrected chi connectivity index (χ0v) is 20.6. The fourth-order valence-corrected chi connectivity index (χ4v) is 4.03. The van der Waals surface area contributed by atoms with Crippen molar-refractivity contribution in [1.29, 1.82) is 0 Å². The van der Waals surface area contributed by atoms with E-state index in [1.165, 1.54) is 6.07 Å². The molecule has 0 spiro atoms. The summed E-state index contributed by atoms with van der Waals surface area (Å²) in [4.78, 5) is 20.9. The number of guanidine groups is 1. The summed E-state index contributed by atoms with van der Waals surface area (Å²) in [5.74, 6) is 1.43. The third-order valence-electron chi connectivity index (χ3n) is 4.76. The Morgan fingerprint density at radius 2 is 2.10 bits per heavy atom. The minimum atomic E-state index is -0.489. The second-order valence-electron chi connectivity index (χ2n) is 8.14. The number of nitrogens with zero attached hydrogens (tertiary/aromatic N) is 3. The quantitative estimate of drug-likeness (QED) is 0.596. The van der Waals surface area contributed by atoms with Crippen LogP contribution in [0.5, 0.6) is 0 Å². The van der Waals surface area contributed by atoms with Crippen LogP contribution in [0, 0.1) is 5.82 Å². The number of halogens is 2. The van der Waals surface area contributed by atoms with Gasteiger partial charge in [0, 0.05) is 31.9 Å². The number of carbonyl (C=O) groups excluding carboxylic acids is 1. The number of aliphatic imine (C=N–C) groups is 1. The van der Waals surface area contributed by atoms with Gasteiger partial charge in [-0.15, -0.1) is 24.0 Å². The highest BCUT2D eigenvalue weighted by Crippen LogP contribution is 2.20. The van der Waals surface area contributed by atoms with E-state index in [9.17, 15) is 9.18 Å². The molecule has 2 aliphatic rings. The van der Waals surface area contributed by atoms with E-state index in [4.69, 9.17) is 4.74 Å². The molecule has 1 aromatic carbocycles. The number of nitrogens with one attached hydrogen (secondary N) is 1.